The van der Waals surface area contributed by atoms with Gasteiger partial charge in [-0.25, -0.2) is 4.98 Å². The largest absolute Gasteiger partial charge is 0.473 e. The van der Waals surface area contributed by atoms with Crippen LogP contribution < -0.4 is 10.1 Å². The fourth-order valence-corrected chi connectivity index (χ4v) is 1.98. The summed E-state index contributed by atoms with van der Waals surface area (Å²) >= 11 is 0. The Hall–Kier alpha value is -1.87. The van der Waals surface area contributed by atoms with Gasteiger partial charge >= 0.3 is 0 Å². The van der Waals surface area contributed by atoms with E-state index in [9.17, 15) is 0 Å². The Morgan fingerprint density at radius 2 is 2.21 bits per heavy atom. The van der Waals surface area contributed by atoms with Gasteiger partial charge in [0.25, 0.3) is 0 Å². The van der Waals surface area contributed by atoms with E-state index in [-0.39, 0.29) is 0 Å². The normalized spacial score (nSPS) is 10.6. The molecule has 0 radical (unpaired) electrons. The third-order valence-corrected chi connectivity index (χ3v) is 2.87. The van der Waals surface area contributed by atoms with Crippen LogP contribution in [0.1, 0.15) is 18.9 Å². The third-order valence-electron chi connectivity index (χ3n) is 2.87. The molecule has 0 fully saturated rings. The monoisotopic (exact) mass is 256 g/mol. The lowest BCUT2D eigenvalue weighted by Gasteiger charge is -2.10. The molecule has 0 bridgehead atoms. The molecule has 1 N–H and O–H groups in total. The molecule has 100 valence electrons. The van der Waals surface area contributed by atoms with Crippen molar-refractivity contribution >= 4 is 10.9 Å². The fourth-order valence-electron chi connectivity index (χ4n) is 1.98. The number of rotatable bonds is 7. The fraction of sp³-hybridized carbons (Fsp3) is 0.312. The second-order valence-electron chi connectivity index (χ2n) is 4.41. The second kappa shape index (κ2) is 6.90. The summed E-state index contributed by atoms with van der Waals surface area (Å²) in [4.78, 5) is 4.50. The molecule has 2 aromatic rings. The Morgan fingerprint density at radius 1 is 1.37 bits per heavy atom. The van der Waals surface area contributed by atoms with Gasteiger partial charge in [0, 0.05) is 18.0 Å². The summed E-state index contributed by atoms with van der Waals surface area (Å²) in [5.41, 5.74) is 2.19. The van der Waals surface area contributed by atoms with E-state index >= 15 is 0 Å². The smallest absolute Gasteiger partial charge is 0.214 e. The molecule has 1 aromatic heterocycles. The molecule has 1 aromatic carbocycles. The summed E-state index contributed by atoms with van der Waals surface area (Å²) in [6.07, 6.45) is 2.86. The first-order valence-corrected chi connectivity index (χ1v) is 6.68. The standard InChI is InChI=1S/C16H20N2O/c1-3-9-17-12-13-11-16(19-10-4-2)18-15-8-6-5-7-14(13)15/h4-8,11,17H,2-3,9-10,12H2,1H3. The predicted molar refractivity (Wildman–Crippen MR) is 79.4 cm³/mol. The van der Waals surface area contributed by atoms with E-state index < -0.39 is 0 Å². The lowest BCUT2D eigenvalue weighted by molar-refractivity contribution is 0.349. The molecule has 0 saturated carbocycles. The Kier molecular flexibility index (Phi) is 4.93. The third kappa shape index (κ3) is 3.55. The molecule has 19 heavy (non-hydrogen) atoms. The molecule has 0 aliphatic carbocycles. The number of nitrogens with zero attached hydrogens (tertiary/aromatic N) is 1. The summed E-state index contributed by atoms with van der Waals surface area (Å²) in [5, 5.41) is 4.60. The zero-order valence-corrected chi connectivity index (χ0v) is 11.4. The number of hydrogen-bond donors (Lipinski definition) is 1. The van der Waals surface area contributed by atoms with Gasteiger partial charge < -0.3 is 10.1 Å². The van der Waals surface area contributed by atoms with Crippen LogP contribution in [-0.2, 0) is 6.54 Å². The van der Waals surface area contributed by atoms with Crippen molar-refractivity contribution in [2.75, 3.05) is 13.2 Å². The van der Waals surface area contributed by atoms with Crippen LogP contribution in [0.25, 0.3) is 10.9 Å². The van der Waals surface area contributed by atoms with Gasteiger partial charge in [0.15, 0.2) is 0 Å². The number of ether oxygens (including phenoxy) is 1. The number of fused-ring (bicyclic) bond motifs is 1. The molecule has 3 heteroatoms. The van der Waals surface area contributed by atoms with Crippen LogP contribution >= 0.6 is 0 Å². The SMILES string of the molecule is C=CCOc1cc(CNCCC)c2ccccc2n1. The van der Waals surface area contributed by atoms with Crippen molar-refractivity contribution in [3.8, 4) is 5.88 Å². The van der Waals surface area contributed by atoms with Gasteiger partial charge in [-0.1, -0.05) is 37.8 Å². The highest BCUT2D eigenvalue weighted by atomic mass is 16.5. The minimum absolute atomic E-state index is 0.479. The average Bonchev–Trinajstić information content (AvgIpc) is 2.45. The maximum atomic E-state index is 5.55. The lowest BCUT2D eigenvalue weighted by atomic mass is 10.1. The van der Waals surface area contributed by atoms with Crippen LogP contribution in [0.2, 0.25) is 0 Å². The predicted octanol–water partition coefficient (Wildman–Crippen LogP) is 3.30. The van der Waals surface area contributed by atoms with E-state index in [1.165, 1.54) is 10.9 Å². The maximum absolute atomic E-state index is 5.55. The van der Waals surface area contributed by atoms with Crippen LogP contribution in [0.4, 0.5) is 0 Å². The number of para-hydroxylation sites is 1. The van der Waals surface area contributed by atoms with Crippen molar-refractivity contribution in [1.29, 1.82) is 0 Å². The minimum atomic E-state index is 0.479. The summed E-state index contributed by atoms with van der Waals surface area (Å²) in [6.45, 7) is 8.15. The Labute approximate surface area is 114 Å². The zero-order valence-electron chi connectivity index (χ0n) is 11.4. The van der Waals surface area contributed by atoms with Crippen molar-refractivity contribution < 1.29 is 4.74 Å². The molecule has 0 aliphatic rings. The van der Waals surface area contributed by atoms with E-state index in [1.54, 1.807) is 6.08 Å². The highest BCUT2D eigenvalue weighted by Crippen LogP contribution is 2.22. The molecule has 0 saturated heterocycles. The first-order chi connectivity index (χ1) is 9.35. The van der Waals surface area contributed by atoms with Gasteiger partial charge in [-0.05, 0) is 24.6 Å². The first kappa shape index (κ1) is 13.6. The highest BCUT2D eigenvalue weighted by Gasteiger charge is 2.05. The number of benzene rings is 1. The summed E-state index contributed by atoms with van der Waals surface area (Å²) < 4.78 is 5.55. The van der Waals surface area contributed by atoms with Crippen LogP contribution in [-0.4, -0.2) is 18.1 Å². The molecule has 0 amide bonds. The van der Waals surface area contributed by atoms with Crippen molar-refractivity contribution in [3.05, 3.63) is 48.6 Å². The highest BCUT2D eigenvalue weighted by molar-refractivity contribution is 5.82. The van der Waals surface area contributed by atoms with Gasteiger partial charge in [-0.2, -0.15) is 0 Å². The van der Waals surface area contributed by atoms with Gasteiger partial charge in [0.1, 0.15) is 6.61 Å². The van der Waals surface area contributed by atoms with Crippen molar-refractivity contribution in [1.82, 2.24) is 10.3 Å². The van der Waals surface area contributed by atoms with E-state index in [0.29, 0.717) is 12.5 Å². The summed E-state index contributed by atoms with van der Waals surface area (Å²) in [7, 11) is 0. The van der Waals surface area contributed by atoms with Crippen molar-refractivity contribution in [2.45, 2.75) is 19.9 Å². The summed E-state index contributed by atoms with van der Waals surface area (Å²) in [6, 6.07) is 10.2. The van der Waals surface area contributed by atoms with Gasteiger partial charge in [0.2, 0.25) is 5.88 Å². The topological polar surface area (TPSA) is 34.1 Å². The van der Waals surface area contributed by atoms with Gasteiger partial charge in [-0.3, -0.25) is 0 Å². The number of pyridine rings is 1. The number of hydrogen-bond acceptors (Lipinski definition) is 3. The van der Waals surface area contributed by atoms with E-state index in [0.717, 1.165) is 25.0 Å². The van der Waals surface area contributed by atoms with Crippen molar-refractivity contribution in [3.63, 3.8) is 0 Å². The molecule has 0 atom stereocenters. The molecule has 3 nitrogen and oxygen atoms in total. The molecule has 0 unspecified atom stereocenters. The molecule has 0 aliphatic heterocycles. The van der Waals surface area contributed by atoms with Crippen LogP contribution in [0, 0.1) is 0 Å². The second-order valence-corrected chi connectivity index (χ2v) is 4.41. The number of nitrogens with one attached hydrogen (secondary N) is 1. The van der Waals surface area contributed by atoms with E-state index in [2.05, 4.69) is 29.9 Å². The average molecular weight is 256 g/mol. The molecule has 1 heterocycles. The quantitative estimate of drug-likeness (QED) is 0.609. The van der Waals surface area contributed by atoms with Gasteiger partial charge in [0.05, 0.1) is 5.52 Å². The zero-order chi connectivity index (χ0) is 13.5. The van der Waals surface area contributed by atoms with E-state index in [1.807, 2.05) is 24.3 Å². The summed E-state index contributed by atoms with van der Waals surface area (Å²) in [5.74, 6) is 0.659. The van der Waals surface area contributed by atoms with Gasteiger partial charge in [-0.15, -0.1) is 0 Å². The van der Waals surface area contributed by atoms with Crippen molar-refractivity contribution in [2.24, 2.45) is 0 Å². The maximum Gasteiger partial charge on any atom is 0.214 e. The van der Waals surface area contributed by atoms with E-state index in [4.69, 9.17) is 4.74 Å². The molecular weight excluding hydrogens is 236 g/mol. The minimum Gasteiger partial charge on any atom is -0.473 e. The Balaban J connectivity index is 2.31. The molecule has 2 rings (SSSR count). The number of aromatic nitrogens is 1. The van der Waals surface area contributed by atoms with Crippen LogP contribution in [0.15, 0.2) is 43.0 Å². The molecular formula is C16H20N2O. The lowest BCUT2D eigenvalue weighted by Crippen LogP contribution is -2.14. The van der Waals surface area contributed by atoms with Crippen LogP contribution in [0.3, 0.4) is 0 Å². The molecule has 0 spiro atoms. The Morgan fingerprint density at radius 3 is 3.00 bits per heavy atom. The van der Waals surface area contributed by atoms with Crippen LogP contribution in [0.5, 0.6) is 5.88 Å². The first-order valence-electron chi connectivity index (χ1n) is 6.68. The Bertz CT molecular complexity index is 551.